The van der Waals surface area contributed by atoms with E-state index in [0.29, 0.717) is 31.0 Å². The minimum Gasteiger partial charge on any atom is -0.487 e. The van der Waals surface area contributed by atoms with Crippen LogP contribution in [-0.4, -0.2) is 70.9 Å². The molecule has 1 saturated heterocycles. The third-order valence-corrected chi connectivity index (χ3v) is 5.45. The topological polar surface area (TPSA) is 123 Å². The molecule has 3 rings (SSSR count). The summed E-state index contributed by atoms with van der Waals surface area (Å²) in [5.74, 6) is 0.393. The molecular formula is C18H26N2O7S. The number of aliphatic hydroxyl groups excluding tert-OH is 1. The molecule has 0 unspecified atom stereocenters. The molecule has 1 fully saturated rings. The lowest BCUT2D eigenvalue weighted by Gasteiger charge is -2.37. The number of carbonyl (C=O) groups excluding carboxylic acids is 1. The number of hydrogen-bond donors (Lipinski definition) is 3. The summed E-state index contributed by atoms with van der Waals surface area (Å²) in [7, 11) is -1.83. The molecule has 0 spiro atoms. The van der Waals surface area contributed by atoms with E-state index in [1.165, 1.54) is 0 Å². The third-order valence-electron chi connectivity index (χ3n) is 4.84. The predicted octanol–water partition coefficient (Wildman–Crippen LogP) is 0.205. The van der Waals surface area contributed by atoms with Crippen LogP contribution in [0.25, 0.3) is 0 Å². The number of hydrogen-bond acceptors (Lipinski definition) is 7. The highest BCUT2D eigenvalue weighted by Gasteiger charge is 2.46. The van der Waals surface area contributed by atoms with Crippen molar-refractivity contribution in [3.63, 3.8) is 0 Å². The predicted molar refractivity (Wildman–Crippen MR) is 102 cm³/mol. The fourth-order valence-corrected chi connectivity index (χ4v) is 4.29. The second-order valence-electron chi connectivity index (χ2n) is 7.08. The molecule has 9 nitrogen and oxygen atoms in total. The average molecular weight is 414 g/mol. The summed E-state index contributed by atoms with van der Waals surface area (Å²) in [6.07, 6.45) is 0.486. The van der Waals surface area contributed by atoms with Crippen molar-refractivity contribution >= 4 is 21.6 Å². The van der Waals surface area contributed by atoms with E-state index in [1.807, 2.05) is 0 Å². The SMILES string of the molecule is COCCNC(=O)C[C@@H]1C[C@@H]2c3cc(NS(C)(=O)=O)ccc3O[C@@H]2[C@@H](CO)O1. The first kappa shape index (κ1) is 20.8. The molecule has 10 heteroatoms. The largest absolute Gasteiger partial charge is 0.487 e. The Labute approximate surface area is 164 Å². The van der Waals surface area contributed by atoms with Gasteiger partial charge in [0.1, 0.15) is 18.0 Å². The van der Waals surface area contributed by atoms with Crippen LogP contribution in [0.3, 0.4) is 0 Å². The van der Waals surface area contributed by atoms with Crippen LogP contribution in [0.5, 0.6) is 5.75 Å². The number of ether oxygens (including phenoxy) is 3. The maximum atomic E-state index is 12.1. The number of aliphatic hydroxyl groups is 1. The van der Waals surface area contributed by atoms with E-state index in [-0.39, 0.29) is 37.1 Å². The summed E-state index contributed by atoms with van der Waals surface area (Å²) in [6, 6.07) is 5.09. The molecule has 0 saturated carbocycles. The molecule has 1 aromatic carbocycles. The van der Waals surface area contributed by atoms with Crippen molar-refractivity contribution in [3.05, 3.63) is 23.8 Å². The van der Waals surface area contributed by atoms with Crippen molar-refractivity contribution in [1.29, 1.82) is 0 Å². The standard InChI is InChI=1S/C18H26N2O7S/c1-25-6-5-19-17(22)9-12-8-14-13-7-11(20-28(2,23)24)3-4-15(13)27-18(14)16(10-21)26-12/h3-4,7,12,14,16,18,20-21H,5-6,8-10H2,1-2H3,(H,19,22)/t12-,14+,16+,18-/m0/s1. The molecule has 156 valence electrons. The maximum absolute atomic E-state index is 12.1. The van der Waals surface area contributed by atoms with Crippen LogP contribution in [-0.2, 0) is 24.3 Å². The number of methoxy groups -OCH3 is 1. The monoisotopic (exact) mass is 414 g/mol. The summed E-state index contributed by atoms with van der Waals surface area (Å²) in [4.78, 5) is 12.1. The van der Waals surface area contributed by atoms with E-state index in [2.05, 4.69) is 10.0 Å². The highest BCUT2D eigenvalue weighted by molar-refractivity contribution is 7.92. The van der Waals surface area contributed by atoms with Gasteiger partial charge in [-0.05, 0) is 24.6 Å². The Bertz CT molecular complexity index is 814. The smallest absolute Gasteiger partial charge is 0.229 e. The minimum atomic E-state index is -3.40. The highest BCUT2D eigenvalue weighted by atomic mass is 32.2. The van der Waals surface area contributed by atoms with Crippen molar-refractivity contribution in [3.8, 4) is 5.75 Å². The summed E-state index contributed by atoms with van der Waals surface area (Å²) in [5, 5.41) is 12.5. The van der Waals surface area contributed by atoms with Crippen LogP contribution in [0.2, 0.25) is 0 Å². The fraction of sp³-hybridized carbons (Fsp3) is 0.611. The number of nitrogens with one attached hydrogen (secondary N) is 2. The normalized spacial score (nSPS) is 26.1. The van der Waals surface area contributed by atoms with Gasteiger partial charge in [0.05, 0.1) is 32.0 Å². The number of carbonyl (C=O) groups is 1. The van der Waals surface area contributed by atoms with E-state index in [9.17, 15) is 18.3 Å². The van der Waals surface area contributed by atoms with E-state index < -0.39 is 16.1 Å². The van der Waals surface area contributed by atoms with E-state index in [0.717, 1.165) is 11.8 Å². The Balaban J connectivity index is 1.74. The molecule has 0 aromatic heterocycles. The van der Waals surface area contributed by atoms with Gasteiger partial charge in [-0.25, -0.2) is 8.42 Å². The van der Waals surface area contributed by atoms with Gasteiger partial charge < -0.3 is 24.6 Å². The first-order valence-electron chi connectivity index (χ1n) is 9.11. The summed E-state index contributed by atoms with van der Waals surface area (Å²) in [6.45, 7) is 0.619. The minimum absolute atomic E-state index is 0.0982. The van der Waals surface area contributed by atoms with Crippen LogP contribution >= 0.6 is 0 Å². The summed E-state index contributed by atoms with van der Waals surface area (Å²) < 4.78 is 42.2. The zero-order chi connectivity index (χ0) is 20.3. The molecule has 28 heavy (non-hydrogen) atoms. The zero-order valence-corrected chi connectivity index (χ0v) is 16.7. The lowest BCUT2D eigenvalue weighted by Crippen LogP contribution is -2.47. The third kappa shape index (κ3) is 4.93. The number of anilines is 1. The van der Waals surface area contributed by atoms with Gasteiger partial charge in [-0.2, -0.15) is 0 Å². The van der Waals surface area contributed by atoms with E-state index in [4.69, 9.17) is 14.2 Å². The van der Waals surface area contributed by atoms with Gasteiger partial charge in [-0.1, -0.05) is 0 Å². The molecule has 0 bridgehead atoms. The second-order valence-corrected chi connectivity index (χ2v) is 8.83. The Morgan fingerprint density at radius 2 is 2.18 bits per heavy atom. The van der Waals surface area contributed by atoms with Crippen molar-refractivity contribution in [2.24, 2.45) is 0 Å². The van der Waals surface area contributed by atoms with Gasteiger partial charge in [0, 0.05) is 30.8 Å². The quantitative estimate of drug-likeness (QED) is 0.520. The van der Waals surface area contributed by atoms with E-state index >= 15 is 0 Å². The maximum Gasteiger partial charge on any atom is 0.229 e. The molecule has 2 aliphatic rings. The average Bonchev–Trinajstić information content (AvgIpc) is 2.98. The number of fused-ring (bicyclic) bond motifs is 3. The highest BCUT2D eigenvalue weighted by Crippen LogP contribution is 2.47. The second kappa shape index (κ2) is 8.64. The molecule has 0 aliphatic carbocycles. The number of rotatable bonds is 8. The number of benzene rings is 1. The number of sulfonamides is 1. The van der Waals surface area contributed by atoms with Crippen molar-refractivity contribution in [1.82, 2.24) is 5.32 Å². The van der Waals surface area contributed by atoms with Crippen LogP contribution in [0, 0.1) is 0 Å². The van der Waals surface area contributed by atoms with Gasteiger partial charge in [0.25, 0.3) is 0 Å². The Kier molecular flexibility index (Phi) is 6.43. The van der Waals surface area contributed by atoms with Crippen molar-refractivity contribution in [2.75, 3.05) is 37.8 Å². The molecule has 1 amide bonds. The summed E-state index contributed by atoms with van der Waals surface area (Å²) in [5.41, 5.74) is 1.30. The molecule has 4 atom stereocenters. The molecule has 3 N–H and O–H groups in total. The zero-order valence-electron chi connectivity index (χ0n) is 15.9. The molecular weight excluding hydrogens is 388 g/mol. The molecule has 0 radical (unpaired) electrons. The van der Waals surface area contributed by atoms with Gasteiger partial charge in [-0.3, -0.25) is 9.52 Å². The Morgan fingerprint density at radius 3 is 2.86 bits per heavy atom. The lowest BCUT2D eigenvalue weighted by molar-refractivity contribution is -0.142. The molecule has 1 aromatic rings. The van der Waals surface area contributed by atoms with Crippen LogP contribution in [0.15, 0.2) is 18.2 Å². The number of amides is 1. The Morgan fingerprint density at radius 1 is 1.39 bits per heavy atom. The fourth-order valence-electron chi connectivity index (χ4n) is 3.74. The van der Waals surface area contributed by atoms with Crippen molar-refractivity contribution in [2.45, 2.75) is 37.1 Å². The summed E-state index contributed by atoms with van der Waals surface area (Å²) >= 11 is 0. The molecule has 2 aliphatic heterocycles. The van der Waals surface area contributed by atoms with Gasteiger partial charge in [0.2, 0.25) is 15.9 Å². The lowest BCUT2D eigenvalue weighted by atomic mass is 9.84. The van der Waals surface area contributed by atoms with Crippen LogP contribution < -0.4 is 14.8 Å². The van der Waals surface area contributed by atoms with E-state index in [1.54, 1.807) is 25.3 Å². The van der Waals surface area contributed by atoms with Crippen LogP contribution in [0.4, 0.5) is 5.69 Å². The van der Waals surface area contributed by atoms with Gasteiger partial charge >= 0.3 is 0 Å². The Hall–Kier alpha value is -1.88. The van der Waals surface area contributed by atoms with Crippen molar-refractivity contribution < 1.29 is 32.5 Å². The van der Waals surface area contributed by atoms with Gasteiger partial charge in [0.15, 0.2) is 0 Å². The first-order chi connectivity index (χ1) is 13.3. The molecule has 2 heterocycles. The first-order valence-corrected chi connectivity index (χ1v) is 11.0. The van der Waals surface area contributed by atoms with Gasteiger partial charge in [-0.15, -0.1) is 0 Å². The van der Waals surface area contributed by atoms with Crippen LogP contribution in [0.1, 0.15) is 24.3 Å².